The number of nitrogens with one attached hydrogen (secondary N) is 1. The number of nitrogens with zero attached hydrogens (tertiary/aromatic N) is 1. The molecule has 0 saturated carbocycles. The molecule has 2 N–H and O–H groups in total. The van der Waals surface area contributed by atoms with E-state index in [1.165, 1.54) is 0 Å². The van der Waals surface area contributed by atoms with Crippen molar-refractivity contribution in [2.45, 2.75) is 13.3 Å². The molecule has 1 atom stereocenters. The predicted molar refractivity (Wildman–Crippen MR) is 71.1 cm³/mol. The summed E-state index contributed by atoms with van der Waals surface area (Å²) in [5, 5.41) is 15.9. The van der Waals surface area contributed by atoms with Gasteiger partial charge in [-0.15, -0.1) is 0 Å². The van der Waals surface area contributed by atoms with Gasteiger partial charge >= 0.3 is 5.97 Å². The molecule has 0 fully saturated rings. The summed E-state index contributed by atoms with van der Waals surface area (Å²) in [6.45, 7) is 1.68. The first-order valence-corrected chi connectivity index (χ1v) is 6.01. The number of hydrogen-bond donors (Lipinski definition) is 2. The monoisotopic (exact) mass is 260 g/mol. The molecule has 19 heavy (non-hydrogen) atoms. The smallest absolute Gasteiger partial charge is 0.306 e. The van der Waals surface area contributed by atoms with Gasteiger partial charge in [-0.3, -0.25) is 9.89 Å². The largest absolute Gasteiger partial charge is 0.497 e. The van der Waals surface area contributed by atoms with Crippen molar-refractivity contribution in [3.8, 4) is 16.9 Å². The molecule has 0 bridgehead atoms. The zero-order valence-electron chi connectivity index (χ0n) is 10.9. The minimum absolute atomic E-state index is 0.419. The third kappa shape index (κ3) is 2.93. The fourth-order valence-corrected chi connectivity index (χ4v) is 1.90. The van der Waals surface area contributed by atoms with E-state index in [-0.39, 0.29) is 0 Å². The van der Waals surface area contributed by atoms with E-state index in [1.54, 1.807) is 20.2 Å². The molecule has 0 aliphatic carbocycles. The predicted octanol–water partition coefficient (Wildman–Crippen LogP) is 2.35. The molecule has 1 aromatic carbocycles. The number of carboxylic acid groups (broad SMARTS) is 1. The Labute approximate surface area is 111 Å². The molecular formula is C14H16N2O3. The number of ether oxygens (including phenoxy) is 1. The Morgan fingerprint density at radius 2 is 2.32 bits per heavy atom. The van der Waals surface area contributed by atoms with Crippen LogP contribution in [0.3, 0.4) is 0 Å². The number of carbonyl (C=O) groups is 1. The number of benzene rings is 1. The summed E-state index contributed by atoms with van der Waals surface area (Å²) in [5.74, 6) is -0.507. The molecule has 1 unspecified atom stereocenters. The fraction of sp³-hybridized carbons (Fsp3) is 0.286. The minimum Gasteiger partial charge on any atom is -0.497 e. The second-order valence-corrected chi connectivity index (χ2v) is 4.44. The van der Waals surface area contributed by atoms with Crippen molar-refractivity contribution < 1.29 is 14.6 Å². The number of aromatic amines is 1. The van der Waals surface area contributed by atoms with Crippen molar-refractivity contribution in [3.63, 3.8) is 0 Å². The van der Waals surface area contributed by atoms with Crippen LogP contribution in [-0.2, 0) is 11.2 Å². The van der Waals surface area contributed by atoms with Gasteiger partial charge in [0.25, 0.3) is 0 Å². The Hall–Kier alpha value is -2.30. The lowest BCUT2D eigenvalue weighted by Gasteiger charge is -2.08. The molecular weight excluding hydrogens is 244 g/mol. The summed E-state index contributed by atoms with van der Waals surface area (Å²) < 4.78 is 5.19. The zero-order valence-corrected chi connectivity index (χ0v) is 10.9. The highest BCUT2D eigenvalue weighted by molar-refractivity contribution is 5.71. The number of methoxy groups -OCH3 is 1. The third-order valence-corrected chi connectivity index (χ3v) is 3.03. The summed E-state index contributed by atoms with van der Waals surface area (Å²) in [6.07, 6.45) is 2.13. The van der Waals surface area contributed by atoms with Crippen LogP contribution in [0.5, 0.6) is 5.75 Å². The van der Waals surface area contributed by atoms with Crippen molar-refractivity contribution in [1.29, 1.82) is 0 Å². The van der Waals surface area contributed by atoms with E-state index in [1.807, 2.05) is 24.3 Å². The van der Waals surface area contributed by atoms with Crippen molar-refractivity contribution >= 4 is 5.97 Å². The van der Waals surface area contributed by atoms with E-state index in [0.717, 1.165) is 22.6 Å². The molecule has 5 heteroatoms. The highest BCUT2D eigenvalue weighted by Gasteiger charge is 2.16. The average molecular weight is 260 g/mol. The minimum atomic E-state index is -0.814. The Balaban J connectivity index is 2.30. The van der Waals surface area contributed by atoms with E-state index >= 15 is 0 Å². The van der Waals surface area contributed by atoms with E-state index in [2.05, 4.69) is 10.2 Å². The Kier molecular flexibility index (Phi) is 3.85. The lowest BCUT2D eigenvalue weighted by Crippen LogP contribution is -2.12. The highest BCUT2D eigenvalue weighted by atomic mass is 16.5. The van der Waals surface area contributed by atoms with Crippen LogP contribution < -0.4 is 4.74 Å². The molecule has 2 rings (SSSR count). The van der Waals surface area contributed by atoms with Crippen LogP contribution in [0.15, 0.2) is 30.5 Å². The van der Waals surface area contributed by atoms with Crippen LogP contribution in [0.25, 0.3) is 11.1 Å². The van der Waals surface area contributed by atoms with Gasteiger partial charge in [-0.2, -0.15) is 5.10 Å². The summed E-state index contributed by atoms with van der Waals surface area (Å²) in [4.78, 5) is 10.9. The Morgan fingerprint density at radius 3 is 3.00 bits per heavy atom. The Bertz CT molecular complexity index is 578. The van der Waals surface area contributed by atoms with Gasteiger partial charge in [0, 0.05) is 17.7 Å². The first-order valence-electron chi connectivity index (χ1n) is 6.01. The lowest BCUT2D eigenvalue weighted by atomic mass is 9.99. The normalized spacial score (nSPS) is 12.1. The van der Waals surface area contributed by atoms with E-state index in [0.29, 0.717) is 6.42 Å². The van der Waals surface area contributed by atoms with Gasteiger partial charge in [-0.25, -0.2) is 0 Å². The van der Waals surface area contributed by atoms with Crippen molar-refractivity contribution in [2.24, 2.45) is 5.92 Å². The van der Waals surface area contributed by atoms with E-state index in [4.69, 9.17) is 9.84 Å². The molecule has 0 aliphatic rings. The van der Waals surface area contributed by atoms with Gasteiger partial charge in [-0.05, 0) is 17.7 Å². The highest BCUT2D eigenvalue weighted by Crippen LogP contribution is 2.27. The fourth-order valence-electron chi connectivity index (χ4n) is 1.90. The number of H-pyrrole nitrogens is 1. The van der Waals surface area contributed by atoms with Crippen LogP contribution in [-0.4, -0.2) is 28.4 Å². The third-order valence-electron chi connectivity index (χ3n) is 3.03. The molecule has 0 saturated heterocycles. The topological polar surface area (TPSA) is 75.2 Å². The second kappa shape index (κ2) is 5.56. The molecule has 1 heterocycles. The standard InChI is InChI=1S/C14H16N2O3/c1-9(14(17)18)6-13-12(8-15-16-13)10-4-3-5-11(7-10)19-2/h3-5,7-9H,6H2,1-2H3,(H,15,16)(H,17,18). The van der Waals surface area contributed by atoms with Crippen LogP contribution in [0.2, 0.25) is 0 Å². The second-order valence-electron chi connectivity index (χ2n) is 4.44. The molecule has 5 nitrogen and oxygen atoms in total. The molecule has 0 radical (unpaired) electrons. The summed E-state index contributed by atoms with van der Waals surface area (Å²) in [7, 11) is 1.61. The van der Waals surface area contributed by atoms with Gasteiger partial charge in [-0.1, -0.05) is 19.1 Å². The first kappa shape index (κ1) is 13.1. The summed E-state index contributed by atoms with van der Waals surface area (Å²) in [5.41, 5.74) is 2.69. The van der Waals surface area contributed by atoms with E-state index in [9.17, 15) is 4.79 Å². The zero-order chi connectivity index (χ0) is 13.8. The number of aromatic nitrogens is 2. The van der Waals surface area contributed by atoms with Gasteiger partial charge in [0.1, 0.15) is 5.75 Å². The maximum Gasteiger partial charge on any atom is 0.306 e. The lowest BCUT2D eigenvalue weighted by molar-refractivity contribution is -0.141. The number of carboxylic acids is 1. The number of hydrogen-bond acceptors (Lipinski definition) is 3. The maximum absolute atomic E-state index is 10.9. The number of rotatable bonds is 5. The van der Waals surface area contributed by atoms with Crippen molar-refractivity contribution in [3.05, 3.63) is 36.2 Å². The molecule has 1 aromatic heterocycles. The van der Waals surface area contributed by atoms with Crippen molar-refractivity contribution in [1.82, 2.24) is 10.2 Å². The quantitative estimate of drug-likeness (QED) is 0.865. The van der Waals surface area contributed by atoms with Gasteiger partial charge in [0.05, 0.1) is 19.2 Å². The Morgan fingerprint density at radius 1 is 1.53 bits per heavy atom. The average Bonchev–Trinajstić information content (AvgIpc) is 2.86. The van der Waals surface area contributed by atoms with Gasteiger partial charge in [0.15, 0.2) is 0 Å². The van der Waals surface area contributed by atoms with E-state index < -0.39 is 11.9 Å². The summed E-state index contributed by atoms with van der Waals surface area (Å²) in [6, 6.07) is 7.61. The SMILES string of the molecule is COc1cccc(-c2cn[nH]c2CC(C)C(=O)O)c1. The molecule has 0 aliphatic heterocycles. The molecule has 100 valence electrons. The molecule has 0 spiro atoms. The number of aliphatic carboxylic acids is 1. The summed E-state index contributed by atoms with van der Waals surface area (Å²) >= 11 is 0. The van der Waals surface area contributed by atoms with Gasteiger partial charge < -0.3 is 9.84 Å². The maximum atomic E-state index is 10.9. The molecule has 0 amide bonds. The van der Waals surface area contributed by atoms with Gasteiger partial charge in [0.2, 0.25) is 0 Å². The molecule has 2 aromatic rings. The first-order chi connectivity index (χ1) is 9.11. The van der Waals surface area contributed by atoms with Crippen LogP contribution in [0.1, 0.15) is 12.6 Å². The van der Waals surface area contributed by atoms with Crippen LogP contribution in [0, 0.1) is 5.92 Å². The van der Waals surface area contributed by atoms with Crippen LogP contribution >= 0.6 is 0 Å². The van der Waals surface area contributed by atoms with Crippen LogP contribution in [0.4, 0.5) is 0 Å². The van der Waals surface area contributed by atoms with Crippen molar-refractivity contribution in [2.75, 3.05) is 7.11 Å².